The Hall–Kier alpha value is -3.10. The highest BCUT2D eigenvalue weighted by Gasteiger charge is 2.43. The van der Waals surface area contributed by atoms with Crippen LogP contribution < -0.4 is 11.0 Å². The van der Waals surface area contributed by atoms with E-state index >= 15 is 0 Å². The molecule has 3 heterocycles. The predicted octanol–water partition coefficient (Wildman–Crippen LogP) is 2.59. The van der Waals surface area contributed by atoms with E-state index in [2.05, 4.69) is 5.32 Å². The van der Waals surface area contributed by atoms with Gasteiger partial charge in [-0.05, 0) is 36.3 Å². The molecule has 2 fully saturated rings. The molecule has 0 spiro atoms. The third kappa shape index (κ3) is 3.49. The number of nitrogens with zero attached hydrogens (tertiary/aromatic N) is 3. The number of carboxylic acid groups (broad SMARTS) is 1. The van der Waals surface area contributed by atoms with Gasteiger partial charge in [0.25, 0.3) is 0 Å². The number of imidazole rings is 1. The molecule has 2 aliphatic rings. The third-order valence-corrected chi connectivity index (χ3v) is 6.82. The molecule has 172 valence electrons. The minimum atomic E-state index is -0.934. The maximum Gasteiger partial charge on any atom is 0.407 e. The fourth-order valence-electron chi connectivity index (χ4n) is 5.60. The van der Waals surface area contributed by atoms with Crippen LogP contribution in [0.1, 0.15) is 64.0 Å². The van der Waals surface area contributed by atoms with Crippen molar-refractivity contribution in [2.24, 2.45) is 12.5 Å². The molecule has 3 atom stereocenters. The summed E-state index contributed by atoms with van der Waals surface area (Å²) in [4.78, 5) is 51.0. The number of benzene rings is 1. The van der Waals surface area contributed by atoms with Crippen LogP contribution in [0.3, 0.4) is 0 Å². The van der Waals surface area contributed by atoms with Crippen molar-refractivity contribution in [3.05, 3.63) is 34.2 Å². The molecule has 2 N–H and O–H groups in total. The second-order valence-electron chi connectivity index (χ2n) is 9.93. The number of carbonyl (C=O) groups is 3. The van der Waals surface area contributed by atoms with Crippen LogP contribution in [-0.2, 0) is 16.6 Å². The lowest BCUT2D eigenvalue weighted by Crippen LogP contribution is -2.53. The quantitative estimate of drug-likeness (QED) is 0.694. The lowest BCUT2D eigenvalue weighted by atomic mass is 9.71. The number of piperidine rings is 2. The topological polar surface area (TPSA) is 114 Å². The molecule has 2 aromatic rings. The molecule has 1 aromatic heterocycles. The summed E-state index contributed by atoms with van der Waals surface area (Å²) in [5, 5.41) is 12.2. The Kier molecular flexibility index (Phi) is 5.38. The van der Waals surface area contributed by atoms with Crippen LogP contribution in [0.2, 0.25) is 0 Å². The monoisotopic (exact) mass is 442 g/mol. The maximum absolute atomic E-state index is 13.3. The van der Waals surface area contributed by atoms with Crippen molar-refractivity contribution in [3.8, 4) is 0 Å². The van der Waals surface area contributed by atoms with Gasteiger partial charge in [-0.3, -0.25) is 24.0 Å². The molecule has 4 rings (SSSR count). The van der Waals surface area contributed by atoms with Crippen molar-refractivity contribution in [1.29, 1.82) is 0 Å². The minimum absolute atomic E-state index is 0.0910. The van der Waals surface area contributed by atoms with E-state index < -0.39 is 18.0 Å². The number of aryl methyl sites for hydroxylation is 1. The van der Waals surface area contributed by atoms with Gasteiger partial charge in [-0.15, -0.1) is 0 Å². The molecule has 2 saturated heterocycles. The summed E-state index contributed by atoms with van der Waals surface area (Å²) in [7, 11) is 1.68. The number of likely N-dealkylation sites (tertiary alicyclic amines) is 1. The molecule has 3 amide bonds. The van der Waals surface area contributed by atoms with Gasteiger partial charge in [0.15, 0.2) is 0 Å². The fourth-order valence-corrected chi connectivity index (χ4v) is 5.60. The summed E-state index contributed by atoms with van der Waals surface area (Å²) in [5.41, 5.74) is 1.63. The van der Waals surface area contributed by atoms with Gasteiger partial charge < -0.3 is 10.0 Å². The molecule has 9 nitrogen and oxygen atoms in total. The number of amides is 3. The summed E-state index contributed by atoms with van der Waals surface area (Å²) in [6, 6.07) is 4.63. The highest BCUT2D eigenvalue weighted by molar-refractivity contribution is 6.00. The van der Waals surface area contributed by atoms with Crippen molar-refractivity contribution in [2.75, 3.05) is 6.54 Å². The zero-order valence-corrected chi connectivity index (χ0v) is 18.9. The van der Waals surface area contributed by atoms with Crippen LogP contribution in [0.4, 0.5) is 4.79 Å². The van der Waals surface area contributed by atoms with E-state index in [1.54, 1.807) is 11.6 Å². The number of aromatic nitrogens is 2. The summed E-state index contributed by atoms with van der Waals surface area (Å²) in [6.07, 6.45) is 1.07. The van der Waals surface area contributed by atoms with E-state index in [1.165, 1.54) is 9.47 Å². The lowest BCUT2D eigenvalue weighted by molar-refractivity contribution is -0.135. The number of para-hydroxylation sites is 1. The first kappa shape index (κ1) is 22.1. The van der Waals surface area contributed by atoms with Crippen molar-refractivity contribution >= 4 is 28.9 Å². The van der Waals surface area contributed by atoms with Gasteiger partial charge >= 0.3 is 11.8 Å². The van der Waals surface area contributed by atoms with Gasteiger partial charge in [0.05, 0.1) is 11.0 Å². The number of imide groups is 1. The Bertz CT molecular complexity index is 1160. The molecule has 1 aromatic carbocycles. The fraction of sp³-hybridized carbons (Fsp3) is 0.565. The van der Waals surface area contributed by atoms with E-state index in [0.29, 0.717) is 17.6 Å². The Morgan fingerprint density at radius 3 is 2.50 bits per heavy atom. The number of rotatable bonds is 2. The Morgan fingerprint density at radius 1 is 1.16 bits per heavy atom. The standard InChI is InChI=1S/C23H30N4O5/c1-23(2,3)19-14(8-6-12-26(19)22(31)32)13-7-5-9-15-18(13)25(4)21(30)27(15)16-10-11-17(28)24-20(16)29/h5,7,9,14,16,19H,6,8,10-12H2,1-4H3,(H,31,32)(H,24,28,29). The molecule has 0 saturated carbocycles. The van der Waals surface area contributed by atoms with Gasteiger partial charge in [0.2, 0.25) is 11.8 Å². The van der Waals surface area contributed by atoms with Crippen LogP contribution in [0, 0.1) is 5.41 Å². The van der Waals surface area contributed by atoms with Crippen LogP contribution in [0.5, 0.6) is 0 Å². The molecular weight excluding hydrogens is 412 g/mol. The number of carbonyl (C=O) groups excluding carboxylic acids is 2. The third-order valence-electron chi connectivity index (χ3n) is 6.82. The number of fused-ring (bicyclic) bond motifs is 1. The maximum atomic E-state index is 13.3. The second-order valence-corrected chi connectivity index (χ2v) is 9.93. The first-order valence-corrected chi connectivity index (χ1v) is 11.1. The van der Waals surface area contributed by atoms with E-state index in [1.807, 2.05) is 39.0 Å². The van der Waals surface area contributed by atoms with Gasteiger partial charge in [0, 0.05) is 32.0 Å². The normalized spacial score (nSPS) is 24.6. The van der Waals surface area contributed by atoms with Gasteiger partial charge in [0.1, 0.15) is 6.04 Å². The largest absolute Gasteiger partial charge is 0.465 e. The van der Waals surface area contributed by atoms with Crippen LogP contribution in [-0.4, -0.2) is 49.6 Å². The summed E-state index contributed by atoms with van der Waals surface area (Å²) in [6.45, 7) is 6.61. The molecule has 3 unspecified atom stereocenters. The molecule has 2 aliphatic heterocycles. The molecular formula is C23H30N4O5. The van der Waals surface area contributed by atoms with Crippen molar-refractivity contribution in [3.63, 3.8) is 0 Å². The number of nitrogens with one attached hydrogen (secondary N) is 1. The lowest BCUT2D eigenvalue weighted by Gasteiger charge is -2.47. The van der Waals surface area contributed by atoms with Crippen molar-refractivity contribution in [1.82, 2.24) is 19.4 Å². The average molecular weight is 443 g/mol. The van der Waals surface area contributed by atoms with Crippen LogP contribution in [0.15, 0.2) is 23.0 Å². The van der Waals surface area contributed by atoms with E-state index in [9.17, 15) is 24.3 Å². The molecule has 0 radical (unpaired) electrons. The molecule has 0 bridgehead atoms. The average Bonchev–Trinajstić information content (AvgIpc) is 2.97. The zero-order chi connectivity index (χ0) is 23.4. The Morgan fingerprint density at radius 2 is 1.88 bits per heavy atom. The van der Waals surface area contributed by atoms with E-state index in [0.717, 1.165) is 18.4 Å². The second kappa shape index (κ2) is 7.79. The number of hydrogen-bond donors (Lipinski definition) is 2. The Balaban J connectivity index is 1.89. The van der Waals surface area contributed by atoms with Crippen LogP contribution in [0.25, 0.3) is 11.0 Å². The van der Waals surface area contributed by atoms with Crippen LogP contribution >= 0.6 is 0 Å². The first-order valence-electron chi connectivity index (χ1n) is 11.1. The molecule has 32 heavy (non-hydrogen) atoms. The summed E-state index contributed by atoms with van der Waals surface area (Å²) < 4.78 is 3.03. The molecule has 9 heteroatoms. The minimum Gasteiger partial charge on any atom is -0.465 e. The smallest absolute Gasteiger partial charge is 0.407 e. The predicted molar refractivity (Wildman–Crippen MR) is 119 cm³/mol. The van der Waals surface area contributed by atoms with Crippen molar-refractivity contribution in [2.45, 2.75) is 64.5 Å². The van der Waals surface area contributed by atoms with E-state index in [-0.39, 0.29) is 41.8 Å². The highest BCUT2D eigenvalue weighted by Crippen LogP contribution is 2.43. The summed E-state index contributed by atoms with van der Waals surface area (Å²) >= 11 is 0. The molecule has 0 aliphatic carbocycles. The first-order chi connectivity index (χ1) is 15.0. The number of hydrogen-bond acceptors (Lipinski definition) is 4. The Labute approximate surface area is 186 Å². The van der Waals surface area contributed by atoms with Crippen molar-refractivity contribution < 1.29 is 19.5 Å². The van der Waals surface area contributed by atoms with Gasteiger partial charge in [-0.1, -0.05) is 32.9 Å². The van der Waals surface area contributed by atoms with Gasteiger partial charge in [-0.2, -0.15) is 0 Å². The van der Waals surface area contributed by atoms with Gasteiger partial charge in [-0.25, -0.2) is 9.59 Å². The highest BCUT2D eigenvalue weighted by atomic mass is 16.4. The summed E-state index contributed by atoms with van der Waals surface area (Å²) in [5.74, 6) is -0.889. The SMILES string of the molecule is Cn1c(=O)n(C2CCC(=O)NC2=O)c2cccc(C3CCCN(C(=O)O)C3C(C)(C)C)c21. The zero-order valence-electron chi connectivity index (χ0n) is 18.9. The van der Waals surface area contributed by atoms with E-state index in [4.69, 9.17) is 0 Å².